The maximum Gasteiger partial charge on any atom is 0.119 e. The molecule has 0 fully saturated rings. The number of benzene rings is 2. The minimum Gasteiger partial charge on any atom is -0.493 e. The van der Waals surface area contributed by atoms with E-state index in [0.717, 1.165) is 16.8 Å². The van der Waals surface area contributed by atoms with Crippen molar-refractivity contribution < 1.29 is 4.74 Å². The fourth-order valence-corrected chi connectivity index (χ4v) is 2.20. The zero-order valence-corrected chi connectivity index (χ0v) is 12.3. The molecule has 1 nitrogen and oxygen atoms in total. The molecule has 0 saturated carbocycles. The van der Waals surface area contributed by atoms with E-state index in [1.165, 1.54) is 11.1 Å². The van der Waals surface area contributed by atoms with Crippen molar-refractivity contribution in [3.8, 4) is 16.9 Å². The van der Waals surface area contributed by atoms with Gasteiger partial charge in [0.15, 0.2) is 0 Å². The second-order valence-electron chi connectivity index (χ2n) is 4.71. The molecule has 2 heteroatoms. The van der Waals surface area contributed by atoms with Gasteiger partial charge in [-0.1, -0.05) is 60.1 Å². The largest absolute Gasteiger partial charge is 0.493 e. The van der Waals surface area contributed by atoms with Gasteiger partial charge in [0.05, 0.1) is 6.61 Å². The topological polar surface area (TPSA) is 9.23 Å². The lowest BCUT2D eigenvalue weighted by Gasteiger charge is -2.10. The Morgan fingerprint density at radius 3 is 2.28 bits per heavy atom. The molecule has 0 saturated heterocycles. The Kier molecular flexibility index (Phi) is 4.43. The standard InChI is InChI=1S/C16H17BrO/c1-12(2)11-18-14-9-7-13(8-10-14)15-5-3-4-6-16(15)17/h3-10,12H,11H2,1-2H3. The van der Waals surface area contributed by atoms with Gasteiger partial charge in [-0.15, -0.1) is 0 Å². The Bertz CT molecular complexity index is 503. The Balaban J connectivity index is 2.15. The van der Waals surface area contributed by atoms with Crippen molar-refractivity contribution in [2.24, 2.45) is 5.92 Å². The van der Waals surface area contributed by atoms with Crippen molar-refractivity contribution in [1.82, 2.24) is 0 Å². The molecule has 0 radical (unpaired) electrons. The van der Waals surface area contributed by atoms with Gasteiger partial charge in [0, 0.05) is 4.47 Å². The highest BCUT2D eigenvalue weighted by Gasteiger charge is 2.02. The summed E-state index contributed by atoms with van der Waals surface area (Å²) in [5.74, 6) is 1.48. The summed E-state index contributed by atoms with van der Waals surface area (Å²) in [5.41, 5.74) is 2.40. The van der Waals surface area contributed by atoms with Crippen LogP contribution in [0.3, 0.4) is 0 Å². The molecule has 0 amide bonds. The van der Waals surface area contributed by atoms with E-state index in [9.17, 15) is 0 Å². The SMILES string of the molecule is CC(C)COc1ccc(-c2ccccc2Br)cc1. The first-order valence-electron chi connectivity index (χ1n) is 6.14. The van der Waals surface area contributed by atoms with Crippen molar-refractivity contribution >= 4 is 15.9 Å². The molecule has 18 heavy (non-hydrogen) atoms. The summed E-state index contributed by atoms with van der Waals surface area (Å²) in [6.45, 7) is 5.05. The summed E-state index contributed by atoms with van der Waals surface area (Å²) in [5, 5.41) is 0. The monoisotopic (exact) mass is 304 g/mol. The molecule has 0 unspecified atom stereocenters. The molecular weight excluding hydrogens is 288 g/mol. The van der Waals surface area contributed by atoms with Gasteiger partial charge in [0.1, 0.15) is 5.75 Å². The van der Waals surface area contributed by atoms with Crippen molar-refractivity contribution in [2.75, 3.05) is 6.61 Å². The first-order valence-corrected chi connectivity index (χ1v) is 6.94. The van der Waals surface area contributed by atoms with Crippen LogP contribution in [0, 0.1) is 5.92 Å². The first-order chi connectivity index (χ1) is 8.66. The molecular formula is C16H17BrO. The van der Waals surface area contributed by atoms with Gasteiger partial charge in [-0.25, -0.2) is 0 Å². The van der Waals surface area contributed by atoms with Crippen LogP contribution in [-0.4, -0.2) is 6.61 Å². The molecule has 94 valence electrons. The van der Waals surface area contributed by atoms with E-state index < -0.39 is 0 Å². The van der Waals surface area contributed by atoms with Crippen LogP contribution < -0.4 is 4.74 Å². The van der Waals surface area contributed by atoms with Crippen LogP contribution >= 0.6 is 15.9 Å². The molecule has 0 N–H and O–H groups in total. The van der Waals surface area contributed by atoms with Crippen LogP contribution in [0.15, 0.2) is 53.0 Å². The summed E-state index contributed by atoms with van der Waals surface area (Å²) in [7, 11) is 0. The van der Waals surface area contributed by atoms with Crippen LogP contribution in [0.1, 0.15) is 13.8 Å². The van der Waals surface area contributed by atoms with E-state index in [2.05, 4.69) is 54.0 Å². The second-order valence-corrected chi connectivity index (χ2v) is 5.56. The summed E-state index contributed by atoms with van der Waals surface area (Å²) in [6.07, 6.45) is 0. The average Bonchev–Trinajstić information content (AvgIpc) is 2.38. The zero-order chi connectivity index (χ0) is 13.0. The molecule has 0 aliphatic rings. The van der Waals surface area contributed by atoms with Gasteiger partial charge in [-0.3, -0.25) is 0 Å². The fourth-order valence-electron chi connectivity index (χ4n) is 1.69. The van der Waals surface area contributed by atoms with Gasteiger partial charge in [0.25, 0.3) is 0 Å². The van der Waals surface area contributed by atoms with Gasteiger partial charge in [0.2, 0.25) is 0 Å². The molecule has 0 bridgehead atoms. The van der Waals surface area contributed by atoms with Crippen LogP contribution in [0.5, 0.6) is 5.75 Å². The summed E-state index contributed by atoms with van der Waals surface area (Å²) >= 11 is 3.57. The van der Waals surface area contributed by atoms with E-state index in [-0.39, 0.29) is 0 Å². The van der Waals surface area contributed by atoms with Gasteiger partial charge >= 0.3 is 0 Å². The maximum absolute atomic E-state index is 5.68. The Labute approximate surface area is 117 Å². The molecule has 2 rings (SSSR count). The molecule has 2 aromatic carbocycles. The predicted molar refractivity (Wildman–Crippen MR) is 79.9 cm³/mol. The number of halogens is 1. The highest BCUT2D eigenvalue weighted by Crippen LogP contribution is 2.29. The minimum atomic E-state index is 0.549. The maximum atomic E-state index is 5.68. The van der Waals surface area contributed by atoms with Crippen molar-refractivity contribution in [3.63, 3.8) is 0 Å². The van der Waals surface area contributed by atoms with Crippen LogP contribution in [0.4, 0.5) is 0 Å². The Hall–Kier alpha value is -1.28. The number of ether oxygens (including phenoxy) is 1. The molecule has 0 aliphatic carbocycles. The van der Waals surface area contributed by atoms with E-state index in [0.29, 0.717) is 5.92 Å². The summed E-state index contributed by atoms with van der Waals surface area (Å²) < 4.78 is 6.79. The molecule has 0 heterocycles. The fraction of sp³-hybridized carbons (Fsp3) is 0.250. The molecule has 2 aromatic rings. The minimum absolute atomic E-state index is 0.549. The van der Waals surface area contributed by atoms with E-state index >= 15 is 0 Å². The normalized spacial score (nSPS) is 10.7. The van der Waals surface area contributed by atoms with Gasteiger partial charge in [-0.2, -0.15) is 0 Å². The Morgan fingerprint density at radius 1 is 1.00 bits per heavy atom. The quantitative estimate of drug-likeness (QED) is 0.759. The molecule has 0 spiro atoms. The summed E-state index contributed by atoms with van der Waals surface area (Å²) in [4.78, 5) is 0. The molecule has 0 aliphatic heterocycles. The summed E-state index contributed by atoms with van der Waals surface area (Å²) in [6, 6.07) is 16.5. The van der Waals surface area contributed by atoms with Crippen molar-refractivity contribution in [2.45, 2.75) is 13.8 Å². The lowest BCUT2D eigenvalue weighted by Crippen LogP contribution is -2.04. The lowest BCUT2D eigenvalue weighted by atomic mass is 10.1. The number of rotatable bonds is 4. The third-order valence-electron chi connectivity index (χ3n) is 2.62. The highest BCUT2D eigenvalue weighted by atomic mass is 79.9. The lowest BCUT2D eigenvalue weighted by molar-refractivity contribution is 0.271. The van der Waals surface area contributed by atoms with E-state index in [1.807, 2.05) is 24.3 Å². The third kappa shape index (κ3) is 3.36. The van der Waals surface area contributed by atoms with Gasteiger partial charge < -0.3 is 4.74 Å². The van der Waals surface area contributed by atoms with Crippen molar-refractivity contribution in [3.05, 3.63) is 53.0 Å². The number of hydrogen-bond acceptors (Lipinski definition) is 1. The van der Waals surface area contributed by atoms with Crippen LogP contribution in [-0.2, 0) is 0 Å². The smallest absolute Gasteiger partial charge is 0.119 e. The molecule has 0 atom stereocenters. The van der Waals surface area contributed by atoms with Crippen molar-refractivity contribution in [1.29, 1.82) is 0 Å². The predicted octanol–water partition coefficient (Wildman–Crippen LogP) is 5.15. The highest BCUT2D eigenvalue weighted by molar-refractivity contribution is 9.10. The van der Waals surface area contributed by atoms with E-state index in [4.69, 9.17) is 4.74 Å². The Morgan fingerprint density at radius 2 is 1.67 bits per heavy atom. The van der Waals surface area contributed by atoms with Gasteiger partial charge in [-0.05, 0) is 35.2 Å². The second kappa shape index (κ2) is 6.05. The first kappa shape index (κ1) is 13.2. The van der Waals surface area contributed by atoms with Crippen LogP contribution in [0.25, 0.3) is 11.1 Å². The van der Waals surface area contributed by atoms with E-state index in [1.54, 1.807) is 0 Å². The third-order valence-corrected chi connectivity index (χ3v) is 3.31. The zero-order valence-electron chi connectivity index (χ0n) is 10.7. The number of hydrogen-bond donors (Lipinski definition) is 0. The average molecular weight is 305 g/mol. The van der Waals surface area contributed by atoms with Crippen LogP contribution in [0.2, 0.25) is 0 Å². The molecule has 0 aromatic heterocycles.